The van der Waals surface area contributed by atoms with Crippen LogP contribution in [0.3, 0.4) is 0 Å². The number of carboxylic acid groups (broad SMARTS) is 1. The smallest absolute Gasteiger partial charge is 0.416 e. The van der Waals surface area contributed by atoms with Crippen LogP contribution in [0.4, 0.5) is 13.2 Å². The number of nitrogens with zero attached hydrogens (tertiary/aromatic N) is 1. The number of hydrogen-bond acceptors (Lipinski definition) is 5. The average Bonchev–Trinajstić information content (AvgIpc) is 3.05. The highest BCUT2D eigenvalue weighted by atomic mass is 19.4. The molecule has 0 saturated carbocycles. The van der Waals surface area contributed by atoms with Gasteiger partial charge in [-0.15, -0.1) is 0 Å². The molecule has 0 spiro atoms. The fourth-order valence-electron chi connectivity index (χ4n) is 2.52. The van der Waals surface area contributed by atoms with E-state index in [1.54, 1.807) is 0 Å². The number of nitrogens with two attached hydrogens (primary N) is 1. The summed E-state index contributed by atoms with van der Waals surface area (Å²) in [6.45, 7) is 0.00325. The predicted molar refractivity (Wildman–Crippen MR) is 86.5 cm³/mol. The number of nitrogens with one attached hydrogen (secondary N) is 2. The molecule has 0 aliphatic heterocycles. The topological polar surface area (TPSA) is 124 Å². The van der Waals surface area contributed by atoms with Gasteiger partial charge in [-0.1, -0.05) is 6.07 Å². The Bertz CT molecular complexity index is 735. The van der Waals surface area contributed by atoms with Crippen LogP contribution in [0, 0.1) is 0 Å². The van der Waals surface area contributed by atoms with Gasteiger partial charge in [0, 0.05) is 30.9 Å². The Morgan fingerprint density at radius 1 is 1.35 bits per heavy atom. The van der Waals surface area contributed by atoms with Crippen molar-refractivity contribution in [2.75, 3.05) is 6.54 Å². The zero-order valence-corrected chi connectivity index (χ0v) is 13.6. The van der Waals surface area contributed by atoms with Crippen molar-refractivity contribution in [1.29, 1.82) is 0 Å². The second-order valence-electron chi connectivity index (χ2n) is 5.88. The van der Waals surface area contributed by atoms with Crippen molar-refractivity contribution in [3.63, 3.8) is 0 Å². The average molecular weight is 372 g/mol. The molecule has 1 aromatic heterocycles. The number of H-pyrrole nitrogens is 1. The van der Waals surface area contributed by atoms with Gasteiger partial charge in [-0.05, 0) is 24.1 Å². The largest absolute Gasteiger partial charge is 0.508 e. The van der Waals surface area contributed by atoms with Gasteiger partial charge in [-0.25, -0.2) is 4.98 Å². The first-order chi connectivity index (χ1) is 12.2. The number of carbonyl (C=O) groups is 1. The Hall–Kier alpha value is -2.59. The highest BCUT2D eigenvalue weighted by Crippen LogP contribution is 2.34. The van der Waals surface area contributed by atoms with E-state index in [4.69, 9.17) is 5.73 Å². The maximum atomic E-state index is 13.1. The minimum atomic E-state index is -4.62. The molecular weight excluding hydrogens is 353 g/mol. The number of rotatable bonds is 8. The van der Waals surface area contributed by atoms with Gasteiger partial charge in [-0.2, -0.15) is 13.2 Å². The van der Waals surface area contributed by atoms with E-state index in [1.807, 2.05) is 0 Å². The van der Waals surface area contributed by atoms with E-state index in [1.165, 1.54) is 12.5 Å². The Morgan fingerprint density at radius 3 is 2.65 bits per heavy atom. The zero-order chi connectivity index (χ0) is 19.3. The summed E-state index contributed by atoms with van der Waals surface area (Å²) in [7, 11) is 0. The summed E-state index contributed by atoms with van der Waals surface area (Å²) < 4.78 is 39.2. The molecule has 0 fully saturated rings. The van der Waals surface area contributed by atoms with Crippen LogP contribution in [0.5, 0.6) is 5.75 Å². The molecule has 10 heteroatoms. The van der Waals surface area contributed by atoms with Crippen LogP contribution >= 0.6 is 0 Å². The van der Waals surface area contributed by atoms with E-state index in [0.717, 1.165) is 12.1 Å². The van der Waals surface area contributed by atoms with Gasteiger partial charge >= 0.3 is 12.1 Å². The summed E-state index contributed by atoms with van der Waals surface area (Å²) in [6.07, 6.45) is -1.70. The van der Waals surface area contributed by atoms with Crippen LogP contribution in [0.25, 0.3) is 0 Å². The quantitative estimate of drug-likeness (QED) is 0.476. The number of aromatic nitrogens is 2. The number of aliphatic carboxylic acids is 1. The molecule has 1 heterocycles. The number of benzene rings is 1. The van der Waals surface area contributed by atoms with E-state index in [9.17, 15) is 28.2 Å². The molecule has 2 aromatic rings. The Balaban J connectivity index is 1.99. The third-order valence-corrected chi connectivity index (χ3v) is 3.78. The van der Waals surface area contributed by atoms with Crippen molar-refractivity contribution in [2.45, 2.75) is 31.1 Å². The van der Waals surface area contributed by atoms with Crippen LogP contribution in [-0.4, -0.2) is 44.8 Å². The Labute approximate surface area is 147 Å². The second-order valence-corrected chi connectivity index (χ2v) is 5.88. The first kappa shape index (κ1) is 19.7. The first-order valence-electron chi connectivity index (χ1n) is 7.75. The molecule has 26 heavy (non-hydrogen) atoms. The molecule has 0 amide bonds. The fraction of sp³-hybridized carbons (Fsp3) is 0.375. The summed E-state index contributed by atoms with van der Waals surface area (Å²) in [4.78, 5) is 17.9. The summed E-state index contributed by atoms with van der Waals surface area (Å²) in [5, 5.41) is 21.3. The SMILES string of the molecule is N[C@H](CN[C@@H](Cc1cnc[nH]1)C(=O)O)Cc1ccc(O)cc1C(F)(F)F. The van der Waals surface area contributed by atoms with Crippen LogP contribution in [0.1, 0.15) is 16.8 Å². The van der Waals surface area contributed by atoms with E-state index in [0.29, 0.717) is 11.8 Å². The van der Waals surface area contributed by atoms with Gasteiger partial charge in [0.15, 0.2) is 0 Å². The Morgan fingerprint density at radius 2 is 2.08 bits per heavy atom. The van der Waals surface area contributed by atoms with Crippen molar-refractivity contribution in [3.05, 3.63) is 47.5 Å². The number of imidazole rings is 1. The Kier molecular flexibility index (Phi) is 6.22. The molecule has 1 aromatic carbocycles. The lowest BCUT2D eigenvalue weighted by atomic mass is 9.99. The van der Waals surface area contributed by atoms with Gasteiger partial charge in [0.25, 0.3) is 0 Å². The molecule has 0 unspecified atom stereocenters. The summed E-state index contributed by atoms with van der Waals surface area (Å²) in [5.74, 6) is -1.59. The van der Waals surface area contributed by atoms with Crippen molar-refractivity contribution in [2.24, 2.45) is 5.73 Å². The third-order valence-electron chi connectivity index (χ3n) is 3.78. The molecule has 6 N–H and O–H groups in total. The maximum absolute atomic E-state index is 13.1. The van der Waals surface area contributed by atoms with E-state index >= 15 is 0 Å². The summed E-state index contributed by atoms with van der Waals surface area (Å²) in [5.41, 5.74) is 5.46. The number of hydrogen-bond donors (Lipinski definition) is 5. The summed E-state index contributed by atoms with van der Waals surface area (Å²) in [6, 6.07) is 1.27. The van der Waals surface area contributed by atoms with Crippen LogP contribution in [0.2, 0.25) is 0 Å². The molecule has 2 atom stereocenters. The van der Waals surface area contributed by atoms with Crippen molar-refractivity contribution >= 4 is 5.97 Å². The molecule has 142 valence electrons. The summed E-state index contributed by atoms with van der Waals surface area (Å²) >= 11 is 0. The highest BCUT2D eigenvalue weighted by molar-refractivity contribution is 5.73. The molecule has 7 nitrogen and oxygen atoms in total. The van der Waals surface area contributed by atoms with Crippen LogP contribution in [0.15, 0.2) is 30.7 Å². The maximum Gasteiger partial charge on any atom is 0.416 e. The lowest BCUT2D eigenvalue weighted by Gasteiger charge is -2.19. The molecule has 0 bridgehead atoms. The number of aromatic amines is 1. The minimum Gasteiger partial charge on any atom is -0.508 e. The fourth-order valence-corrected chi connectivity index (χ4v) is 2.52. The minimum absolute atomic E-state index is 0.00325. The predicted octanol–water partition coefficient (Wildman–Crippen LogP) is 1.29. The first-order valence-corrected chi connectivity index (χ1v) is 7.75. The lowest BCUT2D eigenvalue weighted by molar-refractivity contribution is -0.139. The van der Waals surface area contributed by atoms with Crippen LogP contribution in [-0.2, 0) is 23.8 Å². The number of carboxylic acids is 1. The second kappa shape index (κ2) is 8.19. The lowest BCUT2D eigenvalue weighted by Crippen LogP contribution is -2.45. The van der Waals surface area contributed by atoms with Crippen molar-refractivity contribution < 1.29 is 28.2 Å². The van der Waals surface area contributed by atoms with Gasteiger partial charge in [0.2, 0.25) is 0 Å². The van der Waals surface area contributed by atoms with E-state index < -0.39 is 35.5 Å². The molecule has 0 aliphatic rings. The van der Waals surface area contributed by atoms with Crippen LogP contribution < -0.4 is 11.1 Å². The van der Waals surface area contributed by atoms with Crippen molar-refractivity contribution in [3.8, 4) is 5.75 Å². The zero-order valence-electron chi connectivity index (χ0n) is 13.6. The number of phenolic OH excluding ortho intramolecular Hbond substituents is 1. The van der Waals surface area contributed by atoms with Gasteiger partial charge in [0.1, 0.15) is 11.8 Å². The molecule has 2 rings (SSSR count). The van der Waals surface area contributed by atoms with Crippen molar-refractivity contribution in [1.82, 2.24) is 15.3 Å². The third kappa shape index (κ3) is 5.46. The normalized spacial score (nSPS) is 14.2. The van der Waals surface area contributed by atoms with Gasteiger partial charge in [-0.3, -0.25) is 4.79 Å². The molecule has 0 radical (unpaired) electrons. The number of phenols is 1. The highest BCUT2D eigenvalue weighted by Gasteiger charge is 2.34. The molecular formula is C16H19F3N4O3. The number of alkyl halides is 3. The van der Waals surface area contributed by atoms with Gasteiger partial charge in [0.05, 0.1) is 11.9 Å². The molecule has 0 aliphatic carbocycles. The number of aromatic hydroxyl groups is 1. The van der Waals surface area contributed by atoms with Gasteiger partial charge < -0.3 is 26.2 Å². The van der Waals surface area contributed by atoms with E-state index in [-0.39, 0.29) is 24.9 Å². The monoisotopic (exact) mass is 372 g/mol. The van der Waals surface area contributed by atoms with E-state index in [2.05, 4.69) is 15.3 Å². The standard InChI is InChI=1S/C16H19F3N4O3/c17-16(18,19)13-5-12(24)2-1-9(13)3-10(20)6-22-14(15(25)26)4-11-7-21-8-23-11/h1-2,5,7-8,10,14,22,24H,3-4,6,20H2,(H,21,23)(H,25,26)/t10-,14-/m0/s1. The molecule has 0 saturated heterocycles. The number of halogens is 3.